The van der Waals surface area contributed by atoms with Gasteiger partial charge in [-0.15, -0.1) is 11.3 Å². The van der Waals surface area contributed by atoms with E-state index in [1.807, 2.05) is 32.2 Å². The average molecular weight is 250 g/mol. The van der Waals surface area contributed by atoms with Crippen LogP contribution in [0.25, 0.3) is 6.08 Å². The molecule has 1 N–H and O–H groups in total. The first-order chi connectivity index (χ1) is 7.90. The monoisotopic (exact) mass is 250 g/mol. The minimum absolute atomic E-state index is 0.477. The highest BCUT2D eigenvalue weighted by molar-refractivity contribution is 7.14. The highest BCUT2D eigenvalue weighted by Crippen LogP contribution is 2.22. The van der Waals surface area contributed by atoms with Gasteiger partial charge in [-0.25, -0.2) is 4.79 Å². The number of anilines is 1. The van der Waals surface area contributed by atoms with E-state index in [-0.39, 0.29) is 0 Å². The second-order valence-corrected chi connectivity index (χ2v) is 5.24. The fourth-order valence-electron chi connectivity index (χ4n) is 1.04. The zero-order chi connectivity index (χ0) is 12.9. The van der Waals surface area contributed by atoms with Crippen molar-refractivity contribution < 1.29 is 9.53 Å². The highest BCUT2D eigenvalue weighted by Gasteiger charge is 2.16. The van der Waals surface area contributed by atoms with Crippen molar-refractivity contribution in [2.75, 3.05) is 5.32 Å². The largest absolute Gasteiger partial charge is 0.444 e. The summed E-state index contributed by atoms with van der Waals surface area (Å²) in [5.74, 6) is 0. The van der Waals surface area contributed by atoms with E-state index in [4.69, 9.17) is 10.00 Å². The lowest BCUT2D eigenvalue weighted by atomic mass is 10.2. The summed E-state index contributed by atoms with van der Waals surface area (Å²) in [6, 6.07) is 3.69. The maximum Gasteiger partial charge on any atom is 0.412 e. The molecule has 0 unspecified atom stereocenters. The summed E-state index contributed by atoms with van der Waals surface area (Å²) in [6.07, 6.45) is 2.59. The van der Waals surface area contributed by atoms with Gasteiger partial charge in [-0.1, -0.05) is 0 Å². The summed E-state index contributed by atoms with van der Waals surface area (Å²) in [4.78, 5) is 11.5. The lowest BCUT2D eigenvalue weighted by molar-refractivity contribution is 0.0636. The van der Waals surface area contributed by atoms with Crippen molar-refractivity contribution in [1.82, 2.24) is 0 Å². The summed E-state index contributed by atoms with van der Waals surface area (Å²) in [5, 5.41) is 13.6. The molecule has 1 rings (SSSR count). The van der Waals surface area contributed by atoms with Gasteiger partial charge < -0.3 is 4.74 Å². The van der Waals surface area contributed by atoms with Gasteiger partial charge in [0.2, 0.25) is 0 Å². The van der Waals surface area contributed by atoms with Crippen LogP contribution in [-0.4, -0.2) is 11.7 Å². The molecule has 0 aliphatic heterocycles. The summed E-state index contributed by atoms with van der Waals surface area (Å²) < 4.78 is 5.12. The van der Waals surface area contributed by atoms with Gasteiger partial charge in [0.05, 0.1) is 11.1 Å². The predicted octanol–water partition coefficient (Wildman–Crippen LogP) is 3.63. The first-order valence-corrected chi connectivity index (χ1v) is 5.93. The van der Waals surface area contributed by atoms with Gasteiger partial charge >= 0.3 is 6.09 Å². The number of hydrogen-bond acceptors (Lipinski definition) is 4. The quantitative estimate of drug-likeness (QED) is 0.815. The van der Waals surface area contributed by atoms with E-state index in [1.54, 1.807) is 12.1 Å². The molecule has 4 nitrogen and oxygen atoms in total. The number of nitrogens with zero attached hydrogens (tertiary/aromatic N) is 1. The zero-order valence-corrected chi connectivity index (χ0v) is 10.8. The SMILES string of the molecule is CC(C)(C)OC(=O)Nc1cc(C=CC#N)cs1. The van der Waals surface area contributed by atoms with E-state index in [0.29, 0.717) is 5.00 Å². The molecule has 0 fully saturated rings. The van der Waals surface area contributed by atoms with Crippen LogP contribution in [0.2, 0.25) is 0 Å². The van der Waals surface area contributed by atoms with Crippen LogP contribution in [0.3, 0.4) is 0 Å². The fourth-order valence-corrected chi connectivity index (χ4v) is 1.80. The Hall–Kier alpha value is -1.80. The number of hydrogen-bond donors (Lipinski definition) is 1. The van der Waals surface area contributed by atoms with Gasteiger partial charge in [0.1, 0.15) is 5.60 Å². The summed E-state index contributed by atoms with van der Waals surface area (Å²) in [5.41, 5.74) is 0.368. The van der Waals surface area contributed by atoms with Crippen molar-refractivity contribution in [2.45, 2.75) is 26.4 Å². The molecule has 1 amide bonds. The molecule has 90 valence electrons. The number of nitrogens with one attached hydrogen (secondary N) is 1. The normalized spacial score (nSPS) is 11.2. The Morgan fingerprint density at radius 1 is 1.59 bits per heavy atom. The molecule has 0 spiro atoms. The predicted molar refractivity (Wildman–Crippen MR) is 68.8 cm³/mol. The van der Waals surface area contributed by atoms with Crippen molar-refractivity contribution in [2.24, 2.45) is 0 Å². The molecule has 0 bridgehead atoms. The van der Waals surface area contributed by atoms with Crippen LogP contribution < -0.4 is 5.32 Å². The first-order valence-electron chi connectivity index (χ1n) is 5.05. The lowest BCUT2D eigenvalue weighted by Crippen LogP contribution is -2.26. The van der Waals surface area contributed by atoms with Crippen molar-refractivity contribution in [3.05, 3.63) is 23.1 Å². The molecule has 0 saturated carbocycles. The highest BCUT2D eigenvalue weighted by atomic mass is 32.1. The Labute approximate surface area is 105 Å². The molecule has 1 heterocycles. The van der Waals surface area contributed by atoms with Crippen LogP contribution in [0.1, 0.15) is 26.3 Å². The van der Waals surface area contributed by atoms with Gasteiger partial charge in [-0.2, -0.15) is 5.26 Å². The van der Waals surface area contributed by atoms with Crippen molar-refractivity contribution in [1.29, 1.82) is 5.26 Å². The minimum Gasteiger partial charge on any atom is -0.444 e. The van der Waals surface area contributed by atoms with Crippen LogP contribution in [0, 0.1) is 11.3 Å². The number of carbonyl (C=O) groups is 1. The Bertz CT molecular complexity index is 464. The molecule has 0 radical (unpaired) electrons. The summed E-state index contributed by atoms with van der Waals surface area (Å²) >= 11 is 1.38. The van der Waals surface area contributed by atoms with Crippen LogP contribution in [0.4, 0.5) is 9.80 Å². The molecule has 1 aromatic heterocycles. The fraction of sp³-hybridized carbons (Fsp3) is 0.333. The number of amides is 1. The third kappa shape index (κ3) is 5.18. The van der Waals surface area contributed by atoms with E-state index in [0.717, 1.165) is 5.56 Å². The lowest BCUT2D eigenvalue weighted by Gasteiger charge is -2.19. The summed E-state index contributed by atoms with van der Waals surface area (Å²) in [6.45, 7) is 5.42. The molecule has 0 aromatic carbocycles. The van der Waals surface area contributed by atoms with Gasteiger partial charge in [-0.3, -0.25) is 5.32 Å². The molecular weight excluding hydrogens is 236 g/mol. The molecule has 0 saturated heterocycles. The molecule has 5 heteroatoms. The van der Waals surface area contributed by atoms with E-state index in [1.165, 1.54) is 17.4 Å². The van der Waals surface area contributed by atoms with E-state index < -0.39 is 11.7 Å². The van der Waals surface area contributed by atoms with E-state index >= 15 is 0 Å². The Kier molecular flexibility index (Phi) is 4.30. The number of carbonyl (C=O) groups excluding carboxylic acids is 1. The first kappa shape index (κ1) is 13.3. The van der Waals surface area contributed by atoms with Gasteiger partial charge in [0.15, 0.2) is 0 Å². The number of nitriles is 1. The third-order valence-corrected chi connectivity index (χ3v) is 2.46. The number of thiophene rings is 1. The topological polar surface area (TPSA) is 62.1 Å². The van der Waals surface area contributed by atoms with Crippen LogP contribution in [0.5, 0.6) is 0 Å². The zero-order valence-electron chi connectivity index (χ0n) is 9.98. The van der Waals surface area contributed by atoms with Crippen molar-refractivity contribution in [3.8, 4) is 6.07 Å². The van der Waals surface area contributed by atoms with Crippen LogP contribution in [-0.2, 0) is 4.74 Å². The van der Waals surface area contributed by atoms with Crippen molar-refractivity contribution in [3.63, 3.8) is 0 Å². The Balaban J connectivity index is 2.58. The van der Waals surface area contributed by atoms with E-state index in [2.05, 4.69) is 5.32 Å². The average Bonchev–Trinajstić information content (AvgIpc) is 2.59. The molecule has 17 heavy (non-hydrogen) atoms. The number of ether oxygens (including phenoxy) is 1. The standard InChI is InChI=1S/C12H14N2O2S/c1-12(2,3)16-11(15)14-10-7-9(8-17-10)5-4-6-13/h4-5,7-8H,1-3H3,(H,14,15). The van der Waals surface area contributed by atoms with Crippen LogP contribution >= 0.6 is 11.3 Å². The van der Waals surface area contributed by atoms with Gasteiger partial charge in [-0.05, 0) is 38.5 Å². The van der Waals surface area contributed by atoms with Crippen LogP contribution in [0.15, 0.2) is 17.5 Å². The van der Waals surface area contributed by atoms with Crippen molar-refractivity contribution >= 4 is 28.5 Å². The number of rotatable bonds is 2. The molecule has 0 aliphatic rings. The summed E-state index contributed by atoms with van der Waals surface area (Å²) in [7, 11) is 0. The number of allylic oxidation sites excluding steroid dienone is 1. The molecule has 0 aliphatic carbocycles. The molecular formula is C12H14N2O2S. The maximum absolute atomic E-state index is 11.5. The Morgan fingerprint density at radius 3 is 2.88 bits per heavy atom. The van der Waals surface area contributed by atoms with E-state index in [9.17, 15) is 4.79 Å². The maximum atomic E-state index is 11.5. The third-order valence-electron chi connectivity index (χ3n) is 1.59. The Morgan fingerprint density at radius 2 is 2.29 bits per heavy atom. The second-order valence-electron chi connectivity index (χ2n) is 4.33. The second kappa shape index (κ2) is 5.51. The van der Waals surface area contributed by atoms with Gasteiger partial charge in [0, 0.05) is 11.5 Å². The minimum atomic E-state index is -0.509. The molecule has 1 aromatic rings. The molecule has 0 atom stereocenters. The smallest absolute Gasteiger partial charge is 0.412 e. The van der Waals surface area contributed by atoms with Gasteiger partial charge in [0.25, 0.3) is 0 Å².